The molecule has 0 spiro atoms. The number of aromatic amines is 1. The first kappa shape index (κ1) is 11.9. The van der Waals surface area contributed by atoms with E-state index in [0.29, 0.717) is 0 Å². The Morgan fingerprint density at radius 2 is 2.41 bits per heavy atom. The van der Waals surface area contributed by atoms with Crippen molar-refractivity contribution >= 4 is 15.9 Å². The fourth-order valence-corrected chi connectivity index (χ4v) is 2.69. The van der Waals surface area contributed by atoms with Crippen LogP contribution in [0.15, 0.2) is 22.4 Å². The number of amidine groups is 1. The molecule has 17 heavy (non-hydrogen) atoms. The molecule has 5 N–H and O–H groups in total. The van der Waals surface area contributed by atoms with Gasteiger partial charge in [-0.25, -0.2) is 13.1 Å². The summed E-state index contributed by atoms with van der Waals surface area (Å²) in [6.45, 7) is 0. The molecule has 9 heteroatoms. The van der Waals surface area contributed by atoms with Gasteiger partial charge in [0.2, 0.25) is 10.0 Å². The van der Waals surface area contributed by atoms with Crippen molar-refractivity contribution in [2.24, 2.45) is 16.8 Å². The van der Waals surface area contributed by atoms with Gasteiger partial charge in [-0.2, -0.15) is 5.10 Å². The van der Waals surface area contributed by atoms with Crippen LogP contribution in [-0.2, 0) is 10.0 Å². The van der Waals surface area contributed by atoms with E-state index in [1.165, 1.54) is 12.4 Å². The molecule has 1 aliphatic rings. The van der Waals surface area contributed by atoms with Gasteiger partial charge in [0.15, 0.2) is 5.84 Å². The number of oxime groups is 1. The van der Waals surface area contributed by atoms with Gasteiger partial charge in [-0.05, 0) is 18.8 Å². The molecule has 0 aromatic carbocycles. The van der Waals surface area contributed by atoms with E-state index in [-0.39, 0.29) is 16.6 Å². The molecule has 0 radical (unpaired) electrons. The van der Waals surface area contributed by atoms with Gasteiger partial charge >= 0.3 is 0 Å². The SMILES string of the molecule is NC(=NO)C(NS(=O)(=O)c1cn[nH]c1)C1CC1. The van der Waals surface area contributed by atoms with Gasteiger partial charge < -0.3 is 10.9 Å². The molecule has 0 bridgehead atoms. The van der Waals surface area contributed by atoms with Crippen molar-refractivity contribution < 1.29 is 13.6 Å². The Morgan fingerprint density at radius 1 is 1.71 bits per heavy atom. The minimum atomic E-state index is -3.69. The molecule has 1 heterocycles. The Bertz CT molecular complexity index is 505. The summed E-state index contributed by atoms with van der Waals surface area (Å²) in [7, 11) is -3.69. The maximum absolute atomic E-state index is 11.9. The largest absolute Gasteiger partial charge is 0.409 e. The average molecular weight is 259 g/mol. The molecule has 1 fully saturated rings. The summed E-state index contributed by atoms with van der Waals surface area (Å²) in [5.41, 5.74) is 5.47. The van der Waals surface area contributed by atoms with Crippen LogP contribution in [0.3, 0.4) is 0 Å². The smallest absolute Gasteiger partial charge is 0.244 e. The highest BCUT2D eigenvalue weighted by Gasteiger charge is 2.37. The molecule has 0 aliphatic heterocycles. The molecule has 1 saturated carbocycles. The summed E-state index contributed by atoms with van der Waals surface area (Å²) < 4.78 is 26.2. The summed E-state index contributed by atoms with van der Waals surface area (Å²) in [6, 6.07) is -0.667. The topological polar surface area (TPSA) is 133 Å². The molecule has 1 aliphatic carbocycles. The average Bonchev–Trinajstić information content (AvgIpc) is 2.98. The second-order valence-electron chi connectivity index (χ2n) is 3.90. The number of H-pyrrole nitrogens is 1. The Labute approximate surface area is 97.9 Å². The maximum atomic E-state index is 11.9. The van der Waals surface area contributed by atoms with Crippen molar-refractivity contribution in [1.29, 1.82) is 0 Å². The van der Waals surface area contributed by atoms with Crippen LogP contribution in [0, 0.1) is 5.92 Å². The zero-order valence-corrected chi connectivity index (χ0v) is 9.68. The lowest BCUT2D eigenvalue weighted by atomic mass is 10.2. The predicted molar refractivity (Wildman–Crippen MR) is 58.8 cm³/mol. The van der Waals surface area contributed by atoms with E-state index in [2.05, 4.69) is 20.1 Å². The Kier molecular flexibility index (Phi) is 3.03. The third kappa shape index (κ3) is 2.56. The number of rotatable bonds is 5. The van der Waals surface area contributed by atoms with Crippen molar-refractivity contribution in [2.75, 3.05) is 0 Å². The zero-order valence-electron chi connectivity index (χ0n) is 8.87. The third-order valence-electron chi connectivity index (χ3n) is 2.59. The van der Waals surface area contributed by atoms with Crippen LogP contribution in [0.1, 0.15) is 12.8 Å². The van der Waals surface area contributed by atoms with E-state index in [1.54, 1.807) is 0 Å². The second-order valence-corrected chi connectivity index (χ2v) is 5.61. The Balaban J connectivity index is 2.18. The Morgan fingerprint density at radius 3 is 2.88 bits per heavy atom. The van der Waals surface area contributed by atoms with Gasteiger partial charge in [-0.1, -0.05) is 5.16 Å². The van der Waals surface area contributed by atoms with Crippen LogP contribution in [-0.4, -0.2) is 35.7 Å². The van der Waals surface area contributed by atoms with Gasteiger partial charge in [0.1, 0.15) is 4.90 Å². The van der Waals surface area contributed by atoms with Gasteiger partial charge in [0.05, 0.1) is 12.2 Å². The molecule has 8 nitrogen and oxygen atoms in total. The van der Waals surface area contributed by atoms with Crippen LogP contribution >= 0.6 is 0 Å². The molecule has 1 aromatic rings. The first-order valence-corrected chi connectivity index (χ1v) is 6.51. The highest BCUT2D eigenvalue weighted by atomic mass is 32.2. The number of nitrogens with zero attached hydrogens (tertiary/aromatic N) is 2. The lowest BCUT2D eigenvalue weighted by Gasteiger charge is -2.15. The first-order chi connectivity index (χ1) is 8.04. The number of aromatic nitrogens is 2. The van der Waals surface area contributed by atoms with Gasteiger partial charge in [-0.3, -0.25) is 5.10 Å². The van der Waals surface area contributed by atoms with Crippen molar-refractivity contribution in [3.05, 3.63) is 12.4 Å². The quantitative estimate of drug-likeness (QED) is 0.238. The maximum Gasteiger partial charge on any atom is 0.244 e. The van der Waals surface area contributed by atoms with Crippen molar-refractivity contribution in [1.82, 2.24) is 14.9 Å². The summed E-state index contributed by atoms with van der Waals surface area (Å²) in [4.78, 5) is 0.0221. The van der Waals surface area contributed by atoms with Crippen LogP contribution in [0.2, 0.25) is 0 Å². The standard InChI is InChI=1S/C8H13N5O3S/c9-8(12-14)7(5-1-2-5)13-17(15,16)6-3-10-11-4-6/h3-5,7,13-14H,1-2H2,(H2,9,12)(H,10,11). The first-order valence-electron chi connectivity index (χ1n) is 5.03. The van der Waals surface area contributed by atoms with E-state index in [4.69, 9.17) is 10.9 Å². The second kappa shape index (κ2) is 4.34. The normalized spacial score (nSPS) is 19.2. The van der Waals surface area contributed by atoms with Gasteiger partial charge in [0.25, 0.3) is 0 Å². The lowest BCUT2D eigenvalue weighted by Crippen LogP contribution is -2.45. The summed E-state index contributed by atoms with van der Waals surface area (Å²) >= 11 is 0. The molecule has 1 aromatic heterocycles. The Hall–Kier alpha value is -1.61. The highest BCUT2D eigenvalue weighted by Crippen LogP contribution is 2.33. The number of nitrogens with one attached hydrogen (secondary N) is 2. The number of nitrogens with two attached hydrogens (primary N) is 1. The summed E-state index contributed by atoms with van der Waals surface area (Å²) in [5, 5.41) is 17.5. The fraction of sp³-hybridized carbons (Fsp3) is 0.500. The van der Waals surface area contributed by atoms with Crippen molar-refractivity contribution in [3.8, 4) is 0 Å². The molecule has 94 valence electrons. The molecule has 0 saturated heterocycles. The van der Waals surface area contributed by atoms with Gasteiger partial charge in [0, 0.05) is 6.20 Å². The van der Waals surface area contributed by atoms with Crippen LogP contribution in [0.5, 0.6) is 0 Å². The van der Waals surface area contributed by atoms with E-state index >= 15 is 0 Å². The lowest BCUT2D eigenvalue weighted by molar-refractivity contribution is 0.314. The number of sulfonamides is 1. The zero-order chi connectivity index (χ0) is 12.5. The number of hydrogen-bond donors (Lipinski definition) is 4. The van der Waals surface area contributed by atoms with Crippen LogP contribution in [0.25, 0.3) is 0 Å². The predicted octanol–water partition coefficient (Wildman–Crippen LogP) is -0.787. The fourth-order valence-electron chi connectivity index (χ4n) is 1.51. The molecular formula is C8H13N5O3S. The molecular weight excluding hydrogens is 246 g/mol. The van der Waals surface area contributed by atoms with E-state index in [0.717, 1.165) is 12.8 Å². The molecule has 2 rings (SSSR count). The van der Waals surface area contributed by atoms with E-state index in [1.807, 2.05) is 0 Å². The number of hydrogen-bond acceptors (Lipinski definition) is 5. The van der Waals surface area contributed by atoms with Crippen LogP contribution < -0.4 is 10.5 Å². The van der Waals surface area contributed by atoms with Gasteiger partial charge in [-0.15, -0.1) is 0 Å². The van der Waals surface area contributed by atoms with E-state index < -0.39 is 16.1 Å². The van der Waals surface area contributed by atoms with Crippen molar-refractivity contribution in [2.45, 2.75) is 23.8 Å². The monoisotopic (exact) mass is 259 g/mol. The molecule has 1 atom stereocenters. The summed E-state index contributed by atoms with van der Waals surface area (Å²) in [5.74, 6) is -0.0351. The van der Waals surface area contributed by atoms with E-state index in [9.17, 15) is 8.42 Å². The minimum Gasteiger partial charge on any atom is -0.409 e. The van der Waals surface area contributed by atoms with Crippen molar-refractivity contribution in [3.63, 3.8) is 0 Å². The molecule has 1 unspecified atom stereocenters. The summed E-state index contributed by atoms with van der Waals surface area (Å²) in [6.07, 6.45) is 4.17. The van der Waals surface area contributed by atoms with Crippen LogP contribution in [0.4, 0.5) is 0 Å². The molecule has 0 amide bonds. The third-order valence-corrected chi connectivity index (χ3v) is 4.00. The minimum absolute atomic E-state index is 0.0221. The highest BCUT2D eigenvalue weighted by molar-refractivity contribution is 7.89.